The third-order valence-corrected chi connectivity index (χ3v) is 4.68. The van der Waals surface area contributed by atoms with Gasteiger partial charge in [-0.1, -0.05) is 12.1 Å². The van der Waals surface area contributed by atoms with Crippen LogP contribution >= 0.6 is 0 Å². The van der Waals surface area contributed by atoms with E-state index in [1.165, 1.54) is 12.5 Å². The largest absolute Gasteiger partial charge is 0.368 e. The molecule has 0 aromatic heterocycles. The molecule has 6 heteroatoms. The Morgan fingerprint density at radius 3 is 2.19 bits per heavy atom. The van der Waals surface area contributed by atoms with Crippen LogP contribution in [0.5, 0.6) is 0 Å². The van der Waals surface area contributed by atoms with E-state index in [0.717, 1.165) is 5.69 Å². The van der Waals surface area contributed by atoms with E-state index in [1.807, 2.05) is 6.07 Å². The summed E-state index contributed by atoms with van der Waals surface area (Å²) in [7, 11) is 0. The number of nitrogens with zero attached hydrogens (tertiary/aromatic N) is 2. The number of piperazine rings is 1. The monoisotopic (exact) mass is 365 g/mol. The number of ketones is 1. The predicted molar refractivity (Wildman–Crippen MR) is 105 cm³/mol. The second-order valence-corrected chi connectivity index (χ2v) is 6.71. The standard InChI is InChI=1S/C21H23N3O3/c1-15-4-3-5-19(14-15)23-10-12-24(13-11-23)21(27)20(26)22-18-8-6-17(7-9-18)16(2)25/h3-9,14H,10-13H2,1-2H3,(H,22,26). The number of benzene rings is 2. The fourth-order valence-corrected chi connectivity index (χ4v) is 3.11. The van der Waals surface area contributed by atoms with Crippen molar-refractivity contribution in [3.8, 4) is 0 Å². The third kappa shape index (κ3) is 4.53. The van der Waals surface area contributed by atoms with Crippen LogP contribution in [0.15, 0.2) is 48.5 Å². The third-order valence-electron chi connectivity index (χ3n) is 4.68. The SMILES string of the molecule is CC(=O)c1ccc(NC(=O)C(=O)N2CCN(c3cccc(C)c3)CC2)cc1. The summed E-state index contributed by atoms with van der Waals surface area (Å²) in [6.45, 7) is 5.92. The average Bonchev–Trinajstić information content (AvgIpc) is 2.68. The number of nitrogens with one attached hydrogen (secondary N) is 1. The minimum atomic E-state index is -0.658. The van der Waals surface area contributed by atoms with Gasteiger partial charge in [0.25, 0.3) is 0 Å². The molecule has 1 N–H and O–H groups in total. The van der Waals surface area contributed by atoms with Crippen molar-refractivity contribution in [2.75, 3.05) is 36.4 Å². The van der Waals surface area contributed by atoms with Crippen LogP contribution < -0.4 is 10.2 Å². The van der Waals surface area contributed by atoms with Crippen molar-refractivity contribution in [1.82, 2.24) is 4.90 Å². The van der Waals surface area contributed by atoms with E-state index < -0.39 is 11.8 Å². The van der Waals surface area contributed by atoms with Crippen molar-refractivity contribution in [2.24, 2.45) is 0 Å². The van der Waals surface area contributed by atoms with Crippen molar-refractivity contribution in [2.45, 2.75) is 13.8 Å². The zero-order valence-corrected chi connectivity index (χ0v) is 15.6. The van der Waals surface area contributed by atoms with Crippen LogP contribution in [0.4, 0.5) is 11.4 Å². The van der Waals surface area contributed by atoms with E-state index >= 15 is 0 Å². The summed E-state index contributed by atoms with van der Waals surface area (Å²) in [5, 5.41) is 2.60. The lowest BCUT2D eigenvalue weighted by Crippen LogP contribution is -2.51. The Bertz CT molecular complexity index is 853. The minimum absolute atomic E-state index is 0.0459. The van der Waals surface area contributed by atoms with Gasteiger partial charge in [0.05, 0.1) is 0 Å². The van der Waals surface area contributed by atoms with Gasteiger partial charge in [0.15, 0.2) is 5.78 Å². The molecule has 1 fully saturated rings. The molecule has 1 saturated heterocycles. The normalized spacial score (nSPS) is 14.0. The number of aryl methyl sites for hydroxylation is 1. The first-order valence-electron chi connectivity index (χ1n) is 8.97. The van der Waals surface area contributed by atoms with Crippen molar-refractivity contribution in [1.29, 1.82) is 0 Å². The van der Waals surface area contributed by atoms with Gasteiger partial charge in [-0.15, -0.1) is 0 Å². The van der Waals surface area contributed by atoms with Gasteiger partial charge in [-0.25, -0.2) is 0 Å². The number of carbonyl (C=O) groups is 3. The quantitative estimate of drug-likeness (QED) is 0.670. The van der Waals surface area contributed by atoms with Crippen molar-refractivity contribution in [3.63, 3.8) is 0 Å². The van der Waals surface area contributed by atoms with E-state index in [0.29, 0.717) is 37.4 Å². The van der Waals surface area contributed by atoms with Gasteiger partial charge in [0, 0.05) is 43.1 Å². The summed E-state index contributed by atoms with van der Waals surface area (Å²) in [4.78, 5) is 39.7. The molecule has 0 bridgehead atoms. The maximum atomic E-state index is 12.4. The maximum absolute atomic E-state index is 12.4. The molecule has 2 amide bonds. The van der Waals surface area contributed by atoms with Gasteiger partial charge < -0.3 is 15.1 Å². The van der Waals surface area contributed by atoms with Crippen LogP contribution in [-0.4, -0.2) is 48.7 Å². The molecule has 140 valence electrons. The first-order valence-corrected chi connectivity index (χ1v) is 8.97. The highest BCUT2D eigenvalue weighted by Crippen LogP contribution is 2.18. The lowest BCUT2D eigenvalue weighted by atomic mass is 10.1. The van der Waals surface area contributed by atoms with E-state index in [-0.39, 0.29) is 5.78 Å². The van der Waals surface area contributed by atoms with Gasteiger partial charge in [0.1, 0.15) is 0 Å². The lowest BCUT2D eigenvalue weighted by molar-refractivity contribution is -0.143. The van der Waals surface area contributed by atoms with Crippen LogP contribution in [0.1, 0.15) is 22.8 Å². The number of anilines is 2. The fraction of sp³-hybridized carbons (Fsp3) is 0.286. The molecule has 0 unspecified atom stereocenters. The highest BCUT2D eigenvalue weighted by Gasteiger charge is 2.26. The summed E-state index contributed by atoms with van der Waals surface area (Å²) < 4.78 is 0. The maximum Gasteiger partial charge on any atom is 0.313 e. The molecule has 0 atom stereocenters. The molecule has 0 radical (unpaired) electrons. The molecule has 0 spiro atoms. The van der Waals surface area contributed by atoms with E-state index in [1.54, 1.807) is 29.2 Å². The van der Waals surface area contributed by atoms with E-state index in [2.05, 4.69) is 35.3 Å². The zero-order valence-electron chi connectivity index (χ0n) is 15.6. The highest BCUT2D eigenvalue weighted by molar-refractivity contribution is 6.39. The number of Topliss-reactive ketones (excluding diaryl/α,β-unsaturated/α-hetero) is 1. The molecule has 0 aliphatic carbocycles. The van der Waals surface area contributed by atoms with Crippen LogP contribution in [0, 0.1) is 6.92 Å². The van der Waals surface area contributed by atoms with E-state index in [4.69, 9.17) is 0 Å². The highest BCUT2D eigenvalue weighted by atomic mass is 16.2. The van der Waals surface area contributed by atoms with E-state index in [9.17, 15) is 14.4 Å². The van der Waals surface area contributed by atoms with Gasteiger partial charge >= 0.3 is 11.8 Å². The second-order valence-electron chi connectivity index (χ2n) is 6.71. The zero-order chi connectivity index (χ0) is 19.4. The first-order chi connectivity index (χ1) is 12.9. The van der Waals surface area contributed by atoms with Crippen molar-refractivity contribution in [3.05, 3.63) is 59.7 Å². The number of rotatable bonds is 3. The number of hydrogen-bond donors (Lipinski definition) is 1. The molecule has 6 nitrogen and oxygen atoms in total. The van der Waals surface area contributed by atoms with Gasteiger partial charge in [-0.3, -0.25) is 14.4 Å². The number of amides is 2. The molecule has 3 rings (SSSR count). The molecular weight excluding hydrogens is 342 g/mol. The topological polar surface area (TPSA) is 69.7 Å². The number of carbonyl (C=O) groups excluding carboxylic acids is 3. The summed E-state index contributed by atoms with van der Waals surface area (Å²) in [6.07, 6.45) is 0. The van der Waals surface area contributed by atoms with Gasteiger partial charge in [0.2, 0.25) is 0 Å². The Kier molecular flexibility index (Phi) is 5.54. The molecule has 2 aromatic carbocycles. The van der Waals surface area contributed by atoms with Crippen molar-refractivity contribution < 1.29 is 14.4 Å². The summed E-state index contributed by atoms with van der Waals surface area (Å²) in [6, 6.07) is 14.8. The van der Waals surface area contributed by atoms with Crippen molar-refractivity contribution >= 4 is 29.0 Å². The Morgan fingerprint density at radius 2 is 1.59 bits per heavy atom. The molecule has 27 heavy (non-hydrogen) atoms. The van der Waals surface area contributed by atoms with Crippen LogP contribution in [-0.2, 0) is 9.59 Å². The van der Waals surface area contributed by atoms with Crippen LogP contribution in [0.2, 0.25) is 0 Å². The molecule has 2 aromatic rings. The average molecular weight is 365 g/mol. The summed E-state index contributed by atoms with van der Waals surface area (Å²) >= 11 is 0. The first kappa shape index (κ1) is 18.6. The molecule has 1 heterocycles. The minimum Gasteiger partial charge on any atom is -0.368 e. The molecule has 0 saturated carbocycles. The summed E-state index contributed by atoms with van der Waals surface area (Å²) in [5.41, 5.74) is 3.39. The summed E-state index contributed by atoms with van der Waals surface area (Å²) in [5.74, 6) is -1.24. The Labute approximate surface area is 158 Å². The molecular formula is C21H23N3O3. The Morgan fingerprint density at radius 1 is 0.926 bits per heavy atom. The van der Waals surface area contributed by atoms with Crippen LogP contribution in [0.25, 0.3) is 0 Å². The number of hydrogen-bond acceptors (Lipinski definition) is 4. The smallest absolute Gasteiger partial charge is 0.313 e. The Hall–Kier alpha value is -3.15. The van der Waals surface area contributed by atoms with Gasteiger partial charge in [-0.2, -0.15) is 0 Å². The fourth-order valence-electron chi connectivity index (χ4n) is 3.11. The molecule has 1 aliphatic rings. The molecule has 1 aliphatic heterocycles. The predicted octanol–water partition coefficient (Wildman–Crippen LogP) is 2.48. The lowest BCUT2D eigenvalue weighted by Gasteiger charge is -2.35. The van der Waals surface area contributed by atoms with Crippen LogP contribution in [0.3, 0.4) is 0 Å². The Balaban J connectivity index is 1.55. The van der Waals surface area contributed by atoms with Gasteiger partial charge in [-0.05, 0) is 55.8 Å². The second kappa shape index (κ2) is 8.03.